The second-order valence-electron chi connectivity index (χ2n) is 6.15. The molecule has 0 aliphatic rings. The summed E-state index contributed by atoms with van der Waals surface area (Å²) >= 11 is 1.41. The van der Waals surface area contributed by atoms with Crippen molar-refractivity contribution in [1.29, 1.82) is 0 Å². The quantitative estimate of drug-likeness (QED) is 0.817. The number of ether oxygens (including phenoxy) is 1. The molecule has 0 aliphatic heterocycles. The van der Waals surface area contributed by atoms with Gasteiger partial charge >= 0.3 is 5.97 Å². The number of aliphatic carboxylic acids is 1. The maximum absolute atomic E-state index is 12.8. The summed E-state index contributed by atoms with van der Waals surface area (Å²) in [5, 5.41) is 9.50. The number of benzene rings is 1. The summed E-state index contributed by atoms with van der Waals surface area (Å²) in [5.41, 5.74) is 1.55. The van der Waals surface area contributed by atoms with Crippen molar-refractivity contribution >= 4 is 28.9 Å². The van der Waals surface area contributed by atoms with E-state index in [1.54, 1.807) is 36.2 Å². The smallest absolute Gasteiger partial charge is 0.341 e. The third kappa shape index (κ3) is 5.03. The summed E-state index contributed by atoms with van der Waals surface area (Å²) in [6.07, 6.45) is 0.765. The van der Waals surface area contributed by atoms with Gasteiger partial charge in [-0.15, -0.1) is 11.3 Å². The fraction of sp³-hybridized carbons (Fsp3) is 0.389. The van der Waals surface area contributed by atoms with E-state index in [1.165, 1.54) is 11.3 Å². The molecule has 1 aromatic carbocycles. The van der Waals surface area contributed by atoms with Crippen molar-refractivity contribution in [3.63, 3.8) is 0 Å². The third-order valence-corrected chi connectivity index (χ3v) is 4.49. The number of hydrogen-bond acceptors (Lipinski definition) is 5. The second-order valence-corrected chi connectivity index (χ2v) is 7.35. The fourth-order valence-corrected chi connectivity index (χ4v) is 3.27. The van der Waals surface area contributed by atoms with E-state index < -0.39 is 12.6 Å². The first-order valence-electron chi connectivity index (χ1n) is 7.97. The largest absolute Gasteiger partial charge is 0.482 e. The average molecular weight is 362 g/mol. The average Bonchev–Trinajstić information content (AvgIpc) is 2.91. The molecule has 0 spiro atoms. The number of carbonyl (C=O) groups is 2. The van der Waals surface area contributed by atoms with E-state index >= 15 is 0 Å². The Bertz CT molecular complexity index is 753. The highest BCUT2D eigenvalue weighted by Gasteiger charge is 2.21. The van der Waals surface area contributed by atoms with Gasteiger partial charge in [0.05, 0.1) is 10.7 Å². The monoisotopic (exact) mass is 362 g/mol. The predicted octanol–water partition coefficient (Wildman–Crippen LogP) is 3.39. The maximum atomic E-state index is 12.8. The van der Waals surface area contributed by atoms with Gasteiger partial charge in [-0.1, -0.05) is 13.8 Å². The van der Waals surface area contributed by atoms with Crippen LogP contribution in [0, 0.1) is 12.8 Å². The van der Waals surface area contributed by atoms with E-state index in [9.17, 15) is 9.59 Å². The van der Waals surface area contributed by atoms with Gasteiger partial charge in [-0.05, 0) is 43.5 Å². The van der Waals surface area contributed by atoms with E-state index in [1.807, 2.05) is 6.92 Å². The number of anilines is 1. The Balaban J connectivity index is 2.16. The topological polar surface area (TPSA) is 79.7 Å². The lowest BCUT2D eigenvalue weighted by atomic mass is 10.1. The van der Waals surface area contributed by atoms with Crippen LogP contribution >= 0.6 is 11.3 Å². The number of aromatic nitrogens is 1. The Hall–Kier alpha value is -2.41. The molecular weight excluding hydrogens is 340 g/mol. The molecule has 1 heterocycles. The molecule has 0 atom stereocenters. The summed E-state index contributed by atoms with van der Waals surface area (Å²) in [5.74, 6) is -0.264. The normalized spacial score (nSPS) is 10.8. The van der Waals surface area contributed by atoms with Gasteiger partial charge in [0.15, 0.2) is 6.61 Å². The van der Waals surface area contributed by atoms with Crippen molar-refractivity contribution < 1.29 is 19.4 Å². The number of amides is 1. The van der Waals surface area contributed by atoms with Gasteiger partial charge in [-0.2, -0.15) is 0 Å². The maximum Gasteiger partial charge on any atom is 0.341 e. The van der Waals surface area contributed by atoms with Gasteiger partial charge in [0.1, 0.15) is 10.6 Å². The van der Waals surface area contributed by atoms with Gasteiger partial charge in [-0.3, -0.25) is 4.79 Å². The van der Waals surface area contributed by atoms with Gasteiger partial charge in [0, 0.05) is 12.7 Å². The minimum atomic E-state index is -1.03. The van der Waals surface area contributed by atoms with Crippen molar-refractivity contribution in [1.82, 2.24) is 4.98 Å². The Morgan fingerprint density at radius 1 is 1.28 bits per heavy atom. The molecule has 1 aromatic heterocycles. The summed E-state index contributed by atoms with van der Waals surface area (Å²) < 4.78 is 5.10. The summed E-state index contributed by atoms with van der Waals surface area (Å²) in [7, 11) is 1.71. The van der Waals surface area contributed by atoms with Crippen LogP contribution in [-0.4, -0.2) is 35.6 Å². The molecule has 134 valence electrons. The predicted molar refractivity (Wildman–Crippen MR) is 97.7 cm³/mol. The fourth-order valence-electron chi connectivity index (χ4n) is 2.34. The number of hydrogen-bond donors (Lipinski definition) is 1. The van der Waals surface area contributed by atoms with E-state index in [4.69, 9.17) is 9.84 Å². The van der Waals surface area contributed by atoms with E-state index in [0.29, 0.717) is 22.2 Å². The van der Waals surface area contributed by atoms with Crippen molar-refractivity contribution in [2.24, 2.45) is 5.92 Å². The highest BCUT2D eigenvalue weighted by atomic mass is 32.1. The van der Waals surface area contributed by atoms with Crippen LogP contribution in [0.2, 0.25) is 0 Å². The van der Waals surface area contributed by atoms with Crippen LogP contribution in [0.15, 0.2) is 24.3 Å². The first-order chi connectivity index (χ1) is 11.8. The molecule has 2 rings (SSSR count). The zero-order chi connectivity index (χ0) is 18.6. The number of aryl methyl sites for hydroxylation is 1. The summed E-state index contributed by atoms with van der Waals surface area (Å²) in [6, 6.07) is 6.75. The van der Waals surface area contributed by atoms with Gasteiger partial charge in [0.25, 0.3) is 5.91 Å². The SMILES string of the molecule is Cc1nc(CC(C)C)c(C(=O)N(C)c2ccc(OCC(=O)O)cc2)s1. The lowest BCUT2D eigenvalue weighted by Gasteiger charge is -2.17. The van der Waals surface area contributed by atoms with Crippen molar-refractivity contribution in [3.8, 4) is 5.75 Å². The molecule has 0 saturated carbocycles. The number of rotatable bonds is 7. The third-order valence-electron chi connectivity index (χ3n) is 3.49. The molecule has 0 aliphatic carbocycles. The molecule has 2 aromatic rings. The molecule has 0 unspecified atom stereocenters. The molecule has 0 saturated heterocycles. The Kier molecular flexibility index (Phi) is 6.14. The standard InChI is InChI=1S/C18H22N2O4S/c1-11(2)9-15-17(25-12(3)19-15)18(23)20(4)13-5-7-14(8-6-13)24-10-16(21)22/h5-8,11H,9-10H2,1-4H3,(H,21,22). The number of carboxylic acid groups (broad SMARTS) is 1. The first kappa shape index (κ1) is 18.9. The molecule has 0 fully saturated rings. The zero-order valence-corrected chi connectivity index (χ0v) is 15.6. The van der Waals surface area contributed by atoms with Crippen molar-refractivity contribution in [2.75, 3.05) is 18.6 Å². The number of nitrogens with zero attached hydrogens (tertiary/aromatic N) is 2. The highest BCUT2D eigenvalue weighted by Crippen LogP contribution is 2.25. The number of carbonyl (C=O) groups excluding carboxylic acids is 1. The summed E-state index contributed by atoms with van der Waals surface area (Å²) in [6.45, 7) is 5.71. The molecule has 7 heteroatoms. The van der Waals surface area contributed by atoms with Gasteiger partial charge in [-0.25, -0.2) is 9.78 Å². The van der Waals surface area contributed by atoms with Crippen LogP contribution in [-0.2, 0) is 11.2 Å². The number of carboxylic acids is 1. The van der Waals surface area contributed by atoms with E-state index in [-0.39, 0.29) is 5.91 Å². The minimum Gasteiger partial charge on any atom is -0.482 e. The molecule has 0 radical (unpaired) electrons. The molecule has 1 N–H and O–H groups in total. The van der Waals surface area contributed by atoms with Crippen LogP contribution in [0.1, 0.15) is 34.2 Å². The van der Waals surface area contributed by atoms with Crippen LogP contribution in [0.3, 0.4) is 0 Å². The van der Waals surface area contributed by atoms with Crippen molar-refractivity contribution in [2.45, 2.75) is 27.2 Å². The van der Waals surface area contributed by atoms with Crippen LogP contribution in [0.5, 0.6) is 5.75 Å². The van der Waals surface area contributed by atoms with Crippen LogP contribution < -0.4 is 9.64 Å². The Morgan fingerprint density at radius 3 is 2.48 bits per heavy atom. The molecule has 0 bridgehead atoms. The lowest BCUT2D eigenvalue weighted by molar-refractivity contribution is -0.139. The molecule has 25 heavy (non-hydrogen) atoms. The Morgan fingerprint density at radius 2 is 1.92 bits per heavy atom. The zero-order valence-electron chi connectivity index (χ0n) is 14.8. The first-order valence-corrected chi connectivity index (χ1v) is 8.78. The van der Waals surface area contributed by atoms with Gasteiger partial charge < -0.3 is 14.7 Å². The second kappa shape index (κ2) is 8.11. The summed E-state index contributed by atoms with van der Waals surface area (Å²) in [4.78, 5) is 30.1. The molecule has 1 amide bonds. The van der Waals surface area contributed by atoms with E-state index in [0.717, 1.165) is 17.1 Å². The molecule has 6 nitrogen and oxygen atoms in total. The van der Waals surface area contributed by atoms with Crippen LogP contribution in [0.25, 0.3) is 0 Å². The van der Waals surface area contributed by atoms with E-state index in [2.05, 4.69) is 18.8 Å². The highest BCUT2D eigenvalue weighted by molar-refractivity contribution is 7.13. The van der Waals surface area contributed by atoms with Gasteiger partial charge in [0.2, 0.25) is 0 Å². The van der Waals surface area contributed by atoms with Crippen molar-refractivity contribution in [3.05, 3.63) is 39.8 Å². The Labute approximate surface area is 151 Å². The lowest BCUT2D eigenvalue weighted by Crippen LogP contribution is -2.26. The molecular formula is C18H22N2O4S. The number of thiazole rings is 1. The minimum absolute atomic E-state index is 0.0968. The van der Waals surface area contributed by atoms with Crippen LogP contribution in [0.4, 0.5) is 5.69 Å².